The van der Waals surface area contributed by atoms with Crippen LogP contribution < -0.4 is 0 Å². The molecule has 0 atom stereocenters. The summed E-state index contributed by atoms with van der Waals surface area (Å²) in [6, 6.07) is 5.03. The normalized spacial score (nSPS) is 10.6. The molecular formula is C11H7Cl2NO. The molecule has 0 bridgehead atoms. The molecule has 0 aliphatic rings. The topological polar surface area (TPSA) is 30.0 Å². The number of pyridine rings is 1. The molecule has 0 N–H and O–H groups in total. The summed E-state index contributed by atoms with van der Waals surface area (Å²) in [5.41, 5.74) is 1.84. The molecule has 0 spiro atoms. The van der Waals surface area contributed by atoms with Crippen molar-refractivity contribution in [3.05, 3.63) is 39.5 Å². The molecule has 2 rings (SSSR count). The number of rotatable bonds is 1. The van der Waals surface area contributed by atoms with Gasteiger partial charge in [0.1, 0.15) is 0 Å². The minimum Gasteiger partial charge on any atom is -0.298 e. The van der Waals surface area contributed by atoms with Gasteiger partial charge in [-0.3, -0.25) is 9.78 Å². The predicted octanol–water partition coefficient (Wildman–Crippen LogP) is 3.66. The average Bonchev–Trinajstić information content (AvgIpc) is 2.22. The Balaban J connectivity index is 3.01. The van der Waals surface area contributed by atoms with Crippen LogP contribution in [-0.4, -0.2) is 11.3 Å². The Labute approximate surface area is 96.8 Å². The van der Waals surface area contributed by atoms with Crippen LogP contribution in [0.25, 0.3) is 10.9 Å². The number of carbonyl (C=O) groups is 1. The molecule has 2 aromatic rings. The lowest BCUT2D eigenvalue weighted by Crippen LogP contribution is -1.92. The van der Waals surface area contributed by atoms with Gasteiger partial charge in [0.25, 0.3) is 0 Å². The van der Waals surface area contributed by atoms with Crippen LogP contribution in [-0.2, 0) is 0 Å². The number of benzene rings is 1. The Morgan fingerprint density at radius 2 is 1.93 bits per heavy atom. The molecule has 0 unspecified atom stereocenters. The van der Waals surface area contributed by atoms with Crippen LogP contribution in [0, 0.1) is 6.92 Å². The maximum absolute atomic E-state index is 10.9. The molecule has 0 aliphatic carbocycles. The minimum atomic E-state index is 0.490. The highest BCUT2D eigenvalue weighted by molar-refractivity contribution is 6.40. The highest BCUT2D eigenvalue weighted by Gasteiger charge is 2.10. The first-order valence-corrected chi connectivity index (χ1v) is 5.09. The lowest BCUT2D eigenvalue weighted by Gasteiger charge is -2.05. The summed E-state index contributed by atoms with van der Waals surface area (Å²) in [6.07, 6.45) is 0.763. The fourth-order valence-corrected chi connectivity index (χ4v) is 1.99. The van der Waals surface area contributed by atoms with Gasteiger partial charge >= 0.3 is 0 Å². The van der Waals surface area contributed by atoms with E-state index in [-0.39, 0.29) is 0 Å². The van der Waals surface area contributed by atoms with Gasteiger partial charge in [0, 0.05) is 16.6 Å². The molecule has 0 saturated carbocycles. The Morgan fingerprint density at radius 3 is 2.60 bits per heavy atom. The van der Waals surface area contributed by atoms with Crippen LogP contribution in [0.5, 0.6) is 0 Å². The van der Waals surface area contributed by atoms with E-state index >= 15 is 0 Å². The molecule has 4 heteroatoms. The third-order valence-corrected chi connectivity index (χ3v) is 2.77. The zero-order valence-electron chi connectivity index (χ0n) is 7.92. The summed E-state index contributed by atoms with van der Waals surface area (Å²) in [6.45, 7) is 1.81. The number of aromatic nitrogens is 1. The SMILES string of the molecule is Cc1cc(C=O)c2c(Cl)ccc(Cl)c2n1. The van der Waals surface area contributed by atoms with E-state index in [1.807, 2.05) is 6.92 Å². The number of aryl methyl sites for hydroxylation is 1. The van der Waals surface area contributed by atoms with E-state index in [9.17, 15) is 4.79 Å². The molecule has 0 aliphatic heterocycles. The molecule has 0 amide bonds. The van der Waals surface area contributed by atoms with Crippen molar-refractivity contribution in [1.82, 2.24) is 4.98 Å². The van der Waals surface area contributed by atoms with E-state index in [1.54, 1.807) is 18.2 Å². The summed E-state index contributed by atoms with van der Waals surface area (Å²) in [5, 5.41) is 1.61. The van der Waals surface area contributed by atoms with Crippen molar-refractivity contribution < 1.29 is 4.79 Å². The molecule has 0 fully saturated rings. The molecule has 1 heterocycles. The molecule has 1 aromatic carbocycles. The smallest absolute Gasteiger partial charge is 0.150 e. The van der Waals surface area contributed by atoms with E-state index < -0.39 is 0 Å². The van der Waals surface area contributed by atoms with Crippen molar-refractivity contribution in [1.29, 1.82) is 0 Å². The fraction of sp³-hybridized carbons (Fsp3) is 0.0909. The molecule has 0 saturated heterocycles. The number of hydrogen-bond donors (Lipinski definition) is 0. The highest BCUT2D eigenvalue weighted by Crippen LogP contribution is 2.30. The molecule has 1 aromatic heterocycles. The standard InChI is InChI=1S/C11H7Cl2NO/c1-6-4-7(5-15)10-8(12)2-3-9(13)11(10)14-6/h2-5H,1H3. The predicted molar refractivity (Wildman–Crippen MR) is 61.9 cm³/mol. The summed E-state index contributed by atoms with van der Waals surface area (Å²) in [7, 11) is 0. The first kappa shape index (κ1) is 10.4. The van der Waals surface area contributed by atoms with E-state index in [4.69, 9.17) is 23.2 Å². The first-order chi connectivity index (χ1) is 7.13. The summed E-state index contributed by atoms with van der Waals surface area (Å²) < 4.78 is 0. The lowest BCUT2D eigenvalue weighted by atomic mass is 10.1. The van der Waals surface area contributed by atoms with Gasteiger partial charge < -0.3 is 0 Å². The van der Waals surface area contributed by atoms with Crippen LogP contribution in [0.2, 0.25) is 10.0 Å². The first-order valence-electron chi connectivity index (χ1n) is 4.34. The Morgan fingerprint density at radius 1 is 1.27 bits per heavy atom. The van der Waals surface area contributed by atoms with E-state index in [1.165, 1.54) is 0 Å². The zero-order valence-corrected chi connectivity index (χ0v) is 9.43. The third-order valence-electron chi connectivity index (χ3n) is 2.15. The zero-order chi connectivity index (χ0) is 11.0. The number of fused-ring (bicyclic) bond motifs is 1. The van der Waals surface area contributed by atoms with Gasteiger partial charge in [-0.05, 0) is 25.1 Å². The monoisotopic (exact) mass is 239 g/mol. The number of halogens is 2. The third kappa shape index (κ3) is 1.71. The van der Waals surface area contributed by atoms with Crippen molar-refractivity contribution in [2.75, 3.05) is 0 Å². The molecule has 2 nitrogen and oxygen atoms in total. The lowest BCUT2D eigenvalue weighted by molar-refractivity contribution is 0.112. The van der Waals surface area contributed by atoms with Gasteiger partial charge in [-0.2, -0.15) is 0 Å². The van der Waals surface area contributed by atoms with Crippen molar-refractivity contribution in [3.8, 4) is 0 Å². The van der Waals surface area contributed by atoms with Crippen molar-refractivity contribution in [2.45, 2.75) is 6.92 Å². The molecule has 76 valence electrons. The van der Waals surface area contributed by atoms with Gasteiger partial charge in [0.15, 0.2) is 6.29 Å². The van der Waals surface area contributed by atoms with Crippen LogP contribution in [0.1, 0.15) is 16.1 Å². The van der Waals surface area contributed by atoms with Crippen molar-refractivity contribution in [2.24, 2.45) is 0 Å². The maximum atomic E-state index is 10.9. The summed E-state index contributed by atoms with van der Waals surface area (Å²) in [5.74, 6) is 0. The number of hydrogen-bond acceptors (Lipinski definition) is 2. The largest absolute Gasteiger partial charge is 0.298 e. The Bertz CT molecular complexity index is 552. The quantitative estimate of drug-likeness (QED) is 0.712. The summed E-state index contributed by atoms with van der Waals surface area (Å²) in [4.78, 5) is 15.2. The second-order valence-corrected chi connectivity index (χ2v) is 4.04. The number of carbonyl (C=O) groups excluding carboxylic acids is 1. The van der Waals surface area contributed by atoms with Crippen molar-refractivity contribution >= 4 is 40.4 Å². The van der Waals surface area contributed by atoms with Crippen LogP contribution in [0.3, 0.4) is 0 Å². The molecule has 15 heavy (non-hydrogen) atoms. The summed E-state index contributed by atoms with van der Waals surface area (Å²) >= 11 is 12.0. The number of nitrogens with zero attached hydrogens (tertiary/aromatic N) is 1. The van der Waals surface area contributed by atoms with Crippen LogP contribution in [0.4, 0.5) is 0 Å². The van der Waals surface area contributed by atoms with Gasteiger partial charge in [0.05, 0.1) is 15.6 Å². The van der Waals surface area contributed by atoms with E-state index in [0.717, 1.165) is 12.0 Å². The highest BCUT2D eigenvalue weighted by atomic mass is 35.5. The van der Waals surface area contributed by atoms with Gasteiger partial charge in [-0.15, -0.1) is 0 Å². The second-order valence-electron chi connectivity index (χ2n) is 3.22. The fourth-order valence-electron chi connectivity index (χ4n) is 1.52. The molecular weight excluding hydrogens is 233 g/mol. The molecule has 0 radical (unpaired) electrons. The van der Waals surface area contributed by atoms with E-state index in [2.05, 4.69) is 4.98 Å². The number of aldehydes is 1. The second kappa shape index (κ2) is 3.80. The Hall–Kier alpha value is -1.12. The van der Waals surface area contributed by atoms with Crippen LogP contribution >= 0.6 is 23.2 Å². The van der Waals surface area contributed by atoms with Gasteiger partial charge in [-0.1, -0.05) is 23.2 Å². The average molecular weight is 240 g/mol. The van der Waals surface area contributed by atoms with Crippen molar-refractivity contribution in [3.63, 3.8) is 0 Å². The maximum Gasteiger partial charge on any atom is 0.150 e. The van der Waals surface area contributed by atoms with Gasteiger partial charge in [0.2, 0.25) is 0 Å². The Kier molecular flexibility index (Phi) is 2.63. The van der Waals surface area contributed by atoms with Gasteiger partial charge in [-0.25, -0.2) is 0 Å². The van der Waals surface area contributed by atoms with Crippen LogP contribution in [0.15, 0.2) is 18.2 Å². The van der Waals surface area contributed by atoms with E-state index in [0.29, 0.717) is 26.5 Å². The minimum absolute atomic E-state index is 0.490.